The highest BCUT2D eigenvalue weighted by Crippen LogP contribution is 2.29. The molecule has 1 atom stereocenters. The second-order valence-electron chi connectivity index (χ2n) is 6.59. The van der Waals surface area contributed by atoms with Gasteiger partial charge >= 0.3 is 5.97 Å². The molecule has 0 saturated heterocycles. The molecule has 1 fully saturated rings. The molecule has 7 nitrogen and oxygen atoms in total. The summed E-state index contributed by atoms with van der Waals surface area (Å²) in [6.07, 6.45) is 1.88. The van der Waals surface area contributed by atoms with Crippen molar-refractivity contribution in [1.29, 1.82) is 0 Å². The first kappa shape index (κ1) is 17.1. The molecule has 2 aromatic rings. The summed E-state index contributed by atoms with van der Waals surface area (Å²) in [7, 11) is 0. The fraction of sp³-hybridized carbons (Fsp3) is 0.444. The fourth-order valence-electron chi connectivity index (χ4n) is 2.83. The number of hydrogen-bond acceptors (Lipinski definition) is 4. The maximum absolute atomic E-state index is 12.8. The molecule has 7 heteroatoms. The van der Waals surface area contributed by atoms with Gasteiger partial charge < -0.3 is 10.0 Å². The van der Waals surface area contributed by atoms with Gasteiger partial charge in [-0.2, -0.15) is 5.10 Å². The second kappa shape index (κ2) is 6.66. The summed E-state index contributed by atoms with van der Waals surface area (Å²) in [6, 6.07) is 7.35. The van der Waals surface area contributed by atoms with Crippen LogP contribution in [0.4, 0.5) is 0 Å². The van der Waals surface area contributed by atoms with Crippen molar-refractivity contribution in [2.45, 2.75) is 39.7 Å². The summed E-state index contributed by atoms with van der Waals surface area (Å²) in [5.74, 6) is -0.101. The van der Waals surface area contributed by atoms with E-state index in [2.05, 4.69) is 10.1 Å². The Hall–Kier alpha value is -2.70. The highest BCUT2D eigenvalue weighted by atomic mass is 16.4. The predicted octanol–water partition coefficient (Wildman–Crippen LogP) is 2.21. The van der Waals surface area contributed by atoms with Crippen molar-refractivity contribution in [3.05, 3.63) is 41.5 Å². The Morgan fingerprint density at radius 2 is 1.92 bits per heavy atom. The van der Waals surface area contributed by atoms with Crippen molar-refractivity contribution in [3.8, 4) is 5.69 Å². The van der Waals surface area contributed by atoms with Crippen LogP contribution in [0.15, 0.2) is 24.3 Å². The predicted molar refractivity (Wildman–Crippen MR) is 91.7 cm³/mol. The van der Waals surface area contributed by atoms with E-state index >= 15 is 0 Å². The summed E-state index contributed by atoms with van der Waals surface area (Å²) in [5.41, 5.74) is 1.40. The zero-order valence-corrected chi connectivity index (χ0v) is 14.6. The summed E-state index contributed by atoms with van der Waals surface area (Å²) in [5, 5.41) is 13.5. The highest BCUT2D eigenvalue weighted by molar-refractivity contribution is 5.95. The van der Waals surface area contributed by atoms with Crippen LogP contribution in [0.3, 0.4) is 0 Å². The lowest BCUT2D eigenvalue weighted by atomic mass is 10.1. The molecule has 1 heterocycles. The third kappa shape index (κ3) is 3.70. The lowest BCUT2D eigenvalue weighted by Gasteiger charge is -2.24. The minimum Gasteiger partial charge on any atom is -0.481 e. The Morgan fingerprint density at radius 1 is 1.28 bits per heavy atom. The number of carbonyl (C=O) groups is 2. The van der Waals surface area contributed by atoms with E-state index in [-0.39, 0.29) is 18.5 Å². The van der Waals surface area contributed by atoms with Crippen molar-refractivity contribution >= 4 is 11.9 Å². The lowest BCUT2D eigenvalue weighted by Crippen LogP contribution is -2.38. The average Bonchev–Trinajstić information content (AvgIpc) is 3.36. The number of rotatable bonds is 6. The number of amides is 1. The van der Waals surface area contributed by atoms with E-state index in [0.717, 1.165) is 24.4 Å². The standard InChI is InChI=1S/C18H22N4O3/c1-11(18(24)25)10-21(15-8-9-15)17(23)14-4-6-16(7-5-14)22-13(3)19-12(2)20-22/h4-7,11,15H,8-10H2,1-3H3,(H,24,25)/t11-/m0/s1. The van der Waals surface area contributed by atoms with Crippen molar-refractivity contribution in [2.75, 3.05) is 6.54 Å². The maximum Gasteiger partial charge on any atom is 0.308 e. The first-order valence-corrected chi connectivity index (χ1v) is 8.41. The Balaban J connectivity index is 1.79. The van der Waals surface area contributed by atoms with E-state index < -0.39 is 11.9 Å². The largest absolute Gasteiger partial charge is 0.481 e. The summed E-state index contributed by atoms with van der Waals surface area (Å²) >= 11 is 0. The molecule has 1 saturated carbocycles. The summed E-state index contributed by atoms with van der Waals surface area (Å²) in [4.78, 5) is 29.9. The third-order valence-corrected chi connectivity index (χ3v) is 4.37. The number of carbonyl (C=O) groups excluding carboxylic acids is 1. The topological polar surface area (TPSA) is 88.3 Å². The van der Waals surface area contributed by atoms with Crippen molar-refractivity contribution < 1.29 is 14.7 Å². The van der Waals surface area contributed by atoms with Crippen molar-refractivity contribution in [1.82, 2.24) is 19.7 Å². The SMILES string of the molecule is Cc1nc(C)n(-c2ccc(C(=O)N(C[C@H](C)C(=O)O)C3CC3)cc2)n1. The molecule has 0 radical (unpaired) electrons. The van der Waals surface area contributed by atoms with Crippen molar-refractivity contribution in [2.24, 2.45) is 5.92 Å². The molecule has 1 amide bonds. The van der Waals surface area contributed by atoms with E-state index in [9.17, 15) is 9.59 Å². The molecule has 1 aliphatic rings. The van der Waals surface area contributed by atoms with Gasteiger partial charge in [-0.1, -0.05) is 6.92 Å². The van der Waals surface area contributed by atoms with Gasteiger partial charge in [0.1, 0.15) is 11.6 Å². The van der Waals surface area contributed by atoms with Crippen LogP contribution in [0.1, 0.15) is 41.8 Å². The maximum atomic E-state index is 12.8. The van der Waals surface area contributed by atoms with E-state index in [1.807, 2.05) is 26.0 Å². The van der Waals surface area contributed by atoms with Gasteiger partial charge in [0, 0.05) is 18.2 Å². The van der Waals surface area contributed by atoms with Gasteiger partial charge in [0.2, 0.25) is 0 Å². The van der Waals surface area contributed by atoms with Crippen LogP contribution in [0, 0.1) is 19.8 Å². The normalized spacial score (nSPS) is 15.0. The van der Waals surface area contributed by atoms with Gasteiger partial charge in [-0.15, -0.1) is 0 Å². The quantitative estimate of drug-likeness (QED) is 0.869. The molecule has 0 spiro atoms. The molecule has 132 valence electrons. The number of carboxylic acids is 1. The Kier molecular flexibility index (Phi) is 4.57. The molecule has 1 aliphatic carbocycles. The minimum atomic E-state index is -0.883. The zero-order valence-electron chi connectivity index (χ0n) is 14.6. The van der Waals surface area contributed by atoms with Gasteiger partial charge in [-0.3, -0.25) is 9.59 Å². The van der Waals surface area contributed by atoms with Gasteiger partial charge in [-0.05, 0) is 51.0 Å². The minimum absolute atomic E-state index is 0.117. The molecule has 1 aromatic carbocycles. The first-order valence-electron chi connectivity index (χ1n) is 8.41. The van der Waals surface area contributed by atoms with Crippen LogP contribution < -0.4 is 0 Å². The zero-order chi connectivity index (χ0) is 18.1. The molecular weight excluding hydrogens is 320 g/mol. The lowest BCUT2D eigenvalue weighted by molar-refractivity contribution is -0.141. The Morgan fingerprint density at radius 3 is 2.40 bits per heavy atom. The molecule has 0 unspecified atom stereocenters. The third-order valence-electron chi connectivity index (χ3n) is 4.37. The first-order chi connectivity index (χ1) is 11.9. The molecule has 0 aliphatic heterocycles. The van der Waals surface area contributed by atoms with Crippen LogP contribution in [0.25, 0.3) is 5.69 Å². The molecular formula is C18H22N4O3. The van der Waals surface area contributed by atoms with Crippen LogP contribution in [0.5, 0.6) is 0 Å². The van der Waals surface area contributed by atoms with E-state index in [4.69, 9.17) is 5.11 Å². The number of nitrogens with zero attached hydrogens (tertiary/aromatic N) is 4. The molecule has 0 bridgehead atoms. The van der Waals surface area contributed by atoms with E-state index in [1.54, 1.807) is 28.6 Å². The van der Waals surface area contributed by atoms with Crippen LogP contribution in [-0.2, 0) is 4.79 Å². The number of aromatic nitrogens is 3. The van der Waals surface area contributed by atoms with Crippen LogP contribution in [-0.4, -0.2) is 49.2 Å². The number of aryl methyl sites for hydroxylation is 2. The monoisotopic (exact) mass is 342 g/mol. The summed E-state index contributed by atoms with van der Waals surface area (Å²) in [6.45, 7) is 5.57. The van der Waals surface area contributed by atoms with E-state index in [1.165, 1.54) is 0 Å². The number of benzene rings is 1. The second-order valence-corrected chi connectivity index (χ2v) is 6.59. The van der Waals surface area contributed by atoms with Gasteiger partial charge in [0.15, 0.2) is 0 Å². The molecule has 3 rings (SSSR count). The van der Waals surface area contributed by atoms with E-state index in [0.29, 0.717) is 11.4 Å². The number of hydrogen-bond donors (Lipinski definition) is 1. The molecule has 25 heavy (non-hydrogen) atoms. The summed E-state index contributed by atoms with van der Waals surface area (Å²) < 4.78 is 1.73. The highest BCUT2D eigenvalue weighted by Gasteiger charge is 2.34. The molecule has 1 aromatic heterocycles. The van der Waals surface area contributed by atoms with Crippen molar-refractivity contribution in [3.63, 3.8) is 0 Å². The number of carboxylic acid groups (broad SMARTS) is 1. The average molecular weight is 342 g/mol. The fourth-order valence-corrected chi connectivity index (χ4v) is 2.83. The smallest absolute Gasteiger partial charge is 0.308 e. The van der Waals surface area contributed by atoms with Crippen LogP contribution in [0.2, 0.25) is 0 Å². The van der Waals surface area contributed by atoms with Gasteiger partial charge in [-0.25, -0.2) is 9.67 Å². The number of aliphatic carboxylic acids is 1. The van der Waals surface area contributed by atoms with Crippen LogP contribution >= 0.6 is 0 Å². The Labute approximate surface area is 146 Å². The molecule has 1 N–H and O–H groups in total. The van der Waals surface area contributed by atoms with Gasteiger partial charge in [0.25, 0.3) is 5.91 Å². The van der Waals surface area contributed by atoms with Gasteiger partial charge in [0.05, 0.1) is 11.6 Å². The Bertz CT molecular complexity index is 793.